The molecule has 0 bridgehead atoms. The highest BCUT2D eigenvalue weighted by atomic mass is 79.9. The van der Waals surface area contributed by atoms with Crippen LogP contribution in [0.15, 0.2) is 18.2 Å². The van der Waals surface area contributed by atoms with Gasteiger partial charge in [-0.05, 0) is 18.2 Å². The van der Waals surface area contributed by atoms with Crippen LogP contribution in [-0.4, -0.2) is 31.1 Å². The van der Waals surface area contributed by atoms with Crippen molar-refractivity contribution in [1.82, 2.24) is 0 Å². The Balaban J connectivity index is 2.21. The molecule has 0 saturated carbocycles. The Bertz CT molecular complexity index is 452. The lowest BCUT2D eigenvalue weighted by atomic mass is 10.1. The first-order valence-corrected chi connectivity index (χ1v) is 6.83. The van der Waals surface area contributed by atoms with E-state index < -0.39 is 17.6 Å². The fourth-order valence-corrected chi connectivity index (χ4v) is 2.36. The highest BCUT2D eigenvalue weighted by molar-refractivity contribution is 9.09. The van der Waals surface area contributed by atoms with Gasteiger partial charge < -0.3 is 9.64 Å². The van der Waals surface area contributed by atoms with Crippen molar-refractivity contribution in [1.29, 1.82) is 0 Å². The van der Waals surface area contributed by atoms with Crippen LogP contribution in [0, 0.1) is 5.82 Å². The van der Waals surface area contributed by atoms with E-state index in [-0.39, 0.29) is 11.8 Å². The molecule has 1 atom stereocenters. The van der Waals surface area contributed by atoms with Crippen LogP contribution < -0.4 is 4.90 Å². The zero-order valence-corrected chi connectivity index (χ0v) is 11.5. The topological polar surface area (TPSA) is 12.5 Å². The van der Waals surface area contributed by atoms with Crippen LogP contribution in [0.1, 0.15) is 5.56 Å². The van der Waals surface area contributed by atoms with Crippen molar-refractivity contribution >= 4 is 21.6 Å². The SMILES string of the molecule is Fc1cc(C(F)(F)F)ccc1N1CCOC(CBr)C1. The Morgan fingerprint density at radius 1 is 1.37 bits per heavy atom. The number of nitrogens with zero attached hydrogens (tertiary/aromatic N) is 1. The third-order valence-corrected chi connectivity index (χ3v) is 3.65. The lowest BCUT2D eigenvalue weighted by Gasteiger charge is -2.34. The molecule has 0 amide bonds. The maximum absolute atomic E-state index is 13.8. The number of anilines is 1. The van der Waals surface area contributed by atoms with Gasteiger partial charge in [-0.3, -0.25) is 0 Å². The number of alkyl halides is 4. The third kappa shape index (κ3) is 3.39. The summed E-state index contributed by atoms with van der Waals surface area (Å²) in [6, 6.07) is 2.61. The monoisotopic (exact) mass is 341 g/mol. The van der Waals surface area contributed by atoms with Crippen molar-refractivity contribution in [3.8, 4) is 0 Å². The normalized spacial score (nSPS) is 20.7. The quantitative estimate of drug-likeness (QED) is 0.603. The predicted octanol–water partition coefficient (Wildman–Crippen LogP) is 3.44. The summed E-state index contributed by atoms with van der Waals surface area (Å²) in [5.74, 6) is -0.856. The van der Waals surface area contributed by atoms with Gasteiger partial charge in [-0.25, -0.2) is 4.39 Å². The lowest BCUT2D eigenvalue weighted by molar-refractivity contribution is -0.137. The number of halogens is 5. The molecular formula is C12H12BrF4NO. The molecule has 1 unspecified atom stereocenters. The van der Waals surface area contributed by atoms with Crippen LogP contribution in [0.3, 0.4) is 0 Å². The van der Waals surface area contributed by atoms with E-state index in [4.69, 9.17) is 4.74 Å². The minimum absolute atomic E-state index is 0.0876. The van der Waals surface area contributed by atoms with Crippen LogP contribution in [0.5, 0.6) is 0 Å². The highest BCUT2D eigenvalue weighted by Crippen LogP contribution is 2.32. The van der Waals surface area contributed by atoms with Crippen molar-refractivity contribution < 1.29 is 22.3 Å². The van der Waals surface area contributed by atoms with Crippen molar-refractivity contribution in [2.75, 3.05) is 29.9 Å². The van der Waals surface area contributed by atoms with Gasteiger partial charge in [-0.1, -0.05) is 15.9 Å². The number of hydrogen-bond donors (Lipinski definition) is 0. The van der Waals surface area contributed by atoms with Gasteiger partial charge in [0.05, 0.1) is 24.0 Å². The van der Waals surface area contributed by atoms with E-state index in [2.05, 4.69) is 15.9 Å². The molecule has 1 fully saturated rings. The Hall–Kier alpha value is -0.820. The summed E-state index contributed by atoms with van der Waals surface area (Å²) in [6.45, 7) is 1.34. The molecule has 7 heteroatoms. The molecule has 0 spiro atoms. The summed E-state index contributed by atoms with van der Waals surface area (Å²) < 4.78 is 56.6. The summed E-state index contributed by atoms with van der Waals surface area (Å²) in [7, 11) is 0. The summed E-state index contributed by atoms with van der Waals surface area (Å²) >= 11 is 3.27. The van der Waals surface area contributed by atoms with E-state index in [9.17, 15) is 17.6 Å². The van der Waals surface area contributed by atoms with Gasteiger partial charge in [-0.2, -0.15) is 13.2 Å². The van der Waals surface area contributed by atoms with Gasteiger partial charge in [0, 0.05) is 18.4 Å². The van der Waals surface area contributed by atoms with Crippen LogP contribution in [0.25, 0.3) is 0 Å². The molecule has 1 aromatic rings. The first-order chi connectivity index (χ1) is 8.91. The molecule has 1 saturated heterocycles. The van der Waals surface area contributed by atoms with E-state index in [1.165, 1.54) is 6.07 Å². The minimum Gasteiger partial charge on any atom is -0.374 e. The predicted molar refractivity (Wildman–Crippen MR) is 67.1 cm³/mol. The third-order valence-electron chi connectivity index (χ3n) is 2.93. The molecule has 0 aromatic heterocycles. The highest BCUT2D eigenvalue weighted by Gasteiger charge is 2.32. The first-order valence-electron chi connectivity index (χ1n) is 5.71. The molecule has 1 aromatic carbocycles. The first kappa shape index (κ1) is 14.6. The van der Waals surface area contributed by atoms with Crippen LogP contribution in [0.4, 0.5) is 23.2 Å². The number of ether oxygens (including phenoxy) is 1. The summed E-state index contributed by atoms with van der Waals surface area (Å²) in [6.07, 6.45) is -4.61. The van der Waals surface area contributed by atoms with Gasteiger partial charge in [0.15, 0.2) is 0 Å². The standard InChI is InChI=1S/C12H12BrF4NO/c13-6-9-7-18(3-4-19-9)11-2-1-8(5-10(11)14)12(15,16)17/h1-2,5,9H,3-4,6-7H2. The maximum Gasteiger partial charge on any atom is 0.416 e. The average molecular weight is 342 g/mol. The second kappa shape index (κ2) is 5.66. The number of morpholine rings is 1. The zero-order chi connectivity index (χ0) is 14.0. The van der Waals surface area contributed by atoms with Crippen molar-refractivity contribution in [3.05, 3.63) is 29.6 Å². The van der Waals surface area contributed by atoms with Gasteiger partial charge >= 0.3 is 6.18 Å². The minimum atomic E-state index is -4.53. The van der Waals surface area contributed by atoms with Crippen LogP contribution in [0.2, 0.25) is 0 Å². The van der Waals surface area contributed by atoms with E-state index in [1.54, 1.807) is 4.90 Å². The Labute approximate surface area is 116 Å². The molecule has 0 radical (unpaired) electrons. The number of hydrogen-bond acceptors (Lipinski definition) is 2. The molecule has 1 aliphatic rings. The fourth-order valence-electron chi connectivity index (χ4n) is 1.97. The molecular weight excluding hydrogens is 330 g/mol. The van der Waals surface area contributed by atoms with Crippen molar-refractivity contribution in [3.63, 3.8) is 0 Å². The second-order valence-corrected chi connectivity index (χ2v) is 4.90. The molecule has 106 valence electrons. The van der Waals surface area contributed by atoms with Gasteiger partial charge in [0.1, 0.15) is 5.82 Å². The lowest BCUT2D eigenvalue weighted by Crippen LogP contribution is -2.43. The molecule has 2 rings (SSSR count). The van der Waals surface area contributed by atoms with E-state index >= 15 is 0 Å². The Kier molecular flexibility index (Phi) is 4.35. The Morgan fingerprint density at radius 3 is 2.68 bits per heavy atom. The van der Waals surface area contributed by atoms with Crippen molar-refractivity contribution in [2.24, 2.45) is 0 Å². The summed E-state index contributed by atoms with van der Waals surface area (Å²) in [5.41, 5.74) is -0.790. The number of benzene rings is 1. The summed E-state index contributed by atoms with van der Waals surface area (Å²) in [5, 5.41) is 0.603. The molecule has 19 heavy (non-hydrogen) atoms. The van der Waals surface area contributed by atoms with Crippen LogP contribution in [-0.2, 0) is 10.9 Å². The summed E-state index contributed by atoms with van der Waals surface area (Å²) in [4.78, 5) is 1.70. The zero-order valence-electron chi connectivity index (χ0n) is 9.88. The Morgan fingerprint density at radius 2 is 2.11 bits per heavy atom. The number of rotatable bonds is 2. The van der Waals surface area contributed by atoms with Gasteiger partial charge in [0.25, 0.3) is 0 Å². The van der Waals surface area contributed by atoms with E-state index in [0.717, 1.165) is 6.07 Å². The van der Waals surface area contributed by atoms with Crippen molar-refractivity contribution in [2.45, 2.75) is 12.3 Å². The average Bonchev–Trinajstić information content (AvgIpc) is 2.37. The van der Waals surface area contributed by atoms with E-state index in [1.807, 2.05) is 0 Å². The smallest absolute Gasteiger partial charge is 0.374 e. The van der Waals surface area contributed by atoms with Gasteiger partial charge in [-0.15, -0.1) is 0 Å². The molecule has 2 nitrogen and oxygen atoms in total. The molecule has 1 aliphatic heterocycles. The fraction of sp³-hybridized carbons (Fsp3) is 0.500. The molecule has 0 aliphatic carbocycles. The maximum atomic E-state index is 13.8. The molecule has 0 N–H and O–H groups in total. The molecule has 1 heterocycles. The second-order valence-electron chi connectivity index (χ2n) is 4.26. The van der Waals surface area contributed by atoms with E-state index in [0.29, 0.717) is 31.1 Å². The van der Waals surface area contributed by atoms with Gasteiger partial charge in [0.2, 0.25) is 0 Å². The largest absolute Gasteiger partial charge is 0.416 e. The van der Waals surface area contributed by atoms with Crippen LogP contribution >= 0.6 is 15.9 Å².